The number of methoxy groups -OCH3 is 1. The summed E-state index contributed by atoms with van der Waals surface area (Å²) in [5.74, 6) is 0.910. The number of hydrogen-bond donors (Lipinski definition) is 1. The Labute approximate surface area is 144 Å². The van der Waals surface area contributed by atoms with Gasteiger partial charge < -0.3 is 9.47 Å². The standard InChI is InChI=1S/C18H18N2O3S/c1-11(2)23-14-9-8-12(10-15(14)22-3)17(21)20-18-19-13-6-4-5-7-16(13)24-18/h4-11H,1-3H3,(H,19,20,21). The number of carbonyl (C=O) groups is 1. The lowest BCUT2D eigenvalue weighted by atomic mass is 10.2. The molecule has 1 aromatic heterocycles. The molecule has 1 heterocycles. The molecule has 0 atom stereocenters. The number of carbonyl (C=O) groups excluding carboxylic acids is 1. The number of nitrogens with zero attached hydrogens (tertiary/aromatic N) is 1. The van der Waals surface area contributed by atoms with E-state index in [0.29, 0.717) is 22.2 Å². The number of nitrogens with one attached hydrogen (secondary N) is 1. The number of benzene rings is 2. The highest BCUT2D eigenvalue weighted by Crippen LogP contribution is 2.30. The molecule has 0 bridgehead atoms. The van der Waals surface area contributed by atoms with E-state index in [4.69, 9.17) is 9.47 Å². The minimum absolute atomic E-state index is 0.0290. The topological polar surface area (TPSA) is 60.5 Å². The van der Waals surface area contributed by atoms with Gasteiger partial charge in [0.25, 0.3) is 5.91 Å². The Kier molecular flexibility index (Phi) is 4.66. The van der Waals surface area contributed by atoms with Crippen molar-refractivity contribution in [3.63, 3.8) is 0 Å². The number of amides is 1. The van der Waals surface area contributed by atoms with Gasteiger partial charge in [-0.1, -0.05) is 23.5 Å². The van der Waals surface area contributed by atoms with E-state index in [9.17, 15) is 4.79 Å². The van der Waals surface area contributed by atoms with E-state index < -0.39 is 0 Å². The third-order valence-corrected chi connectivity index (χ3v) is 4.25. The van der Waals surface area contributed by atoms with Crippen LogP contribution in [-0.4, -0.2) is 24.1 Å². The molecule has 0 radical (unpaired) electrons. The molecule has 0 unspecified atom stereocenters. The van der Waals surface area contributed by atoms with Crippen LogP contribution in [-0.2, 0) is 0 Å². The molecule has 3 aromatic rings. The second kappa shape index (κ2) is 6.88. The van der Waals surface area contributed by atoms with Crippen molar-refractivity contribution >= 4 is 32.6 Å². The second-order valence-corrected chi connectivity index (χ2v) is 6.50. The number of para-hydroxylation sites is 1. The highest BCUT2D eigenvalue weighted by atomic mass is 32.1. The quantitative estimate of drug-likeness (QED) is 0.749. The number of fused-ring (bicyclic) bond motifs is 1. The molecule has 0 fully saturated rings. The predicted octanol–water partition coefficient (Wildman–Crippen LogP) is 4.34. The minimum Gasteiger partial charge on any atom is -0.493 e. The van der Waals surface area contributed by atoms with Crippen LogP contribution < -0.4 is 14.8 Å². The lowest BCUT2D eigenvalue weighted by Gasteiger charge is -2.14. The SMILES string of the molecule is COc1cc(C(=O)Nc2nc3ccccc3s2)ccc1OC(C)C. The third-order valence-electron chi connectivity index (χ3n) is 3.30. The molecule has 2 aromatic carbocycles. The summed E-state index contributed by atoms with van der Waals surface area (Å²) >= 11 is 1.44. The second-order valence-electron chi connectivity index (χ2n) is 5.47. The van der Waals surface area contributed by atoms with Gasteiger partial charge in [-0.25, -0.2) is 4.98 Å². The van der Waals surface area contributed by atoms with E-state index in [1.54, 1.807) is 25.3 Å². The number of hydrogen-bond acceptors (Lipinski definition) is 5. The van der Waals surface area contributed by atoms with Crippen LogP contribution in [0.2, 0.25) is 0 Å². The fourth-order valence-corrected chi connectivity index (χ4v) is 3.12. The van der Waals surface area contributed by atoms with E-state index in [0.717, 1.165) is 10.2 Å². The molecule has 0 aliphatic carbocycles. The summed E-state index contributed by atoms with van der Waals surface area (Å²) in [7, 11) is 1.55. The summed E-state index contributed by atoms with van der Waals surface area (Å²) < 4.78 is 12.0. The van der Waals surface area contributed by atoms with Crippen LogP contribution in [0.1, 0.15) is 24.2 Å². The van der Waals surface area contributed by atoms with Crippen molar-refractivity contribution in [2.75, 3.05) is 12.4 Å². The maximum atomic E-state index is 12.5. The molecular weight excluding hydrogens is 324 g/mol. The van der Waals surface area contributed by atoms with Crippen molar-refractivity contribution in [1.29, 1.82) is 0 Å². The van der Waals surface area contributed by atoms with Crippen LogP contribution in [0.5, 0.6) is 11.5 Å². The fourth-order valence-electron chi connectivity index (χ4n) is 2.26. The van der Waals surface area contributed by atoms with Crippen molar-refractivity contribution in [1.82, 2.24) is 4.98 Å². The van der Waals surface area contributed by atoms with Crippen molar-refractivity contribution in [2.24, 2.45) is 0 Å². The van der Waals surface area contributed by atoms with Crippen LogP contribution >= 0.6 is 11.3 Å². The van der Waals surface area contributed by atoms with Gasteiger partial charge in [0.1, 0.15) is 0 Å². The highest BCUT2D eigenvalue weighted by Gasteiger charge is 2.14. The Bertz CT molecular complexity index is 841. The van der Waals surface area contributed by atoms with Crippen molar-refractivity contribution in [2.45, 2.75) is 20.0 Å². The molecule has 124 valence electrons. The minimum atomic E-state index is -0.233. The zero-order valence-corrected chi connectivity index (χ0v) is 14.5. The Morgan fingerprint density at radius 1 is 1.17 bits per heavy atom. The molecule has 0 saturated carbocycles. The zero-order valence-electron chi connectivity index (χ0n) is 13.7. The average molecular weight is 342 g/mol. The number of anilines is 1. The largest absolute Gasteiger partial charge is 0.493 e. The first-order valence-corrected chi connectivity index (χ1v) is 8.40. The molecule has 1 amide bonds. The monoisotopic (exact) mass is 342 g/mol. The van der Waals surface area contributed by atoms with Crippen molar-refractivity contribution < 1.29 is 14.3 Å². The number of ether oxygens (including phenoxy) is 2. The molecule has 0 aliphatic heterocycles. The van der Waals surface area contributed by atoms with Gasteiger partial charge in [0.05, 0.1) is 23.4 Å². The summed E-state index contributed by atoms with van der Waals surface area (Å²) in [6, 6.07) is 12.9. The maximum absolute atomic E-state index is 12.5. The van der Waals surface area contributed by atoms with Crippen LogP contribution in [0.3, 0.4) is 0 Å². The van der Waals surface area contributed by atoms with Crippen LogP contribution in [0.4, 0.5) is 5.13 Å². The highest BCUT2D eigenvalue weighted by molar-refractivity contribution is 7.22. The first-order valence-electron chi connectivity index (χ1n) is 7.58. The molecule has 6 heteroatoms. The van der Waals surface area contributed by atoms with Crippen molar-refractivity contribution in [3.05, 3.63) is 48.0 Å². The summed E-state index contributed by atoms with van der Waals surface area (Å²) in [5.41, 5.74) is 1.36. The molecule has 0 spiro atoms. The Hall–Kier alpha value is -2.60. The first kappa shape index (κ1) is 16.3. The van der Waals surface area contributed by atoms with Crippen LogP contribution in [0.25, 0.3) is 10.2 Å². The molecule has 24 heavy (non-hydrogen) atoms. The van der Waals surface area contributed by atoms with Gasteiger partial charge in [-0.3, -0.25) is 10.1 Å². The van der Waals surface area contributed by atoms with Gasteiger partial charge in [-0.05, 0) is 44.2 Å². The maximum Gasteiger partial charge on any atom is 0.257 e. The summed E-state index contributed by atoms with van der Waals surface area (Å²) in [6.07, 6.45) is 0.0290. The molecule has 3 rings (SSSR count). The van der Waals surface area contributed by atoms with E-state index in [1.807, 2.05) is 38.1 Å². The number of aromatic nitrogens is 1. The Morgan fingerprint density at radius 2 is 1.96 bits per heavy atom. The molecular formula is C18H18N2O3S. The fraction of sp³-hybridized carbons (Fsp3) is 0.222. The average Bonchev–Trinajstić information content (AvgIpc) is 2.96. The summed E-state index contributed by atoms with van der Waals surface area (Å²) in [6.45, 7) is 3.88. The molecule has 0 saturated heterocycles. The molecule has 0 aliphatic rings. The van der Waals surface area contributed by atoms with Gasteiger partial charge in [0.15, 0.2) is 16.6 Å². The van der Waals surface area contributed by atoms with Crippen molar-refractivity contribution in [3.8, 4) is 11.5 Å². The van der Waals surface area contributed by atoms with E-state index in [1.165, 1.54) is 11.3 Å². The first-order chi connectivity index (χ1) is 11.6. The van der Waals surface area contributed by atoms with Gasteiger partial charge in [-0.15, -0.1) is 0 Å². The van der Waals surface area contributed by atoms with Crippen LogP contribution in [0.15, 0.2) is 42.5 Å². The van der Waals surface area contributed by atoms with Gasteiger partial charge >= 0.3 is 0 Å². The lowest BCUT2D eigenvalue weighted by molar-refractivity contribution is 0.102. The molecule has 5 nitrogen and oxygen atoms in total. The summed E-state index contributed by atoms with van der Waals surface area (Å²) in [5, 5.41) is 3.40. The number of rotatable bonds is 5. The number of thiazole rings is 1. The zero-order chi connectivity index (χ0) is 17.1. The van der Waals surface area contributed by atoms with E-state index in [-0.39, 0.29) is 12.0 Å². The van der Waals surface area contributed by atoms with Gasteiger partial charge in [0.2, 0.25) is 0 Å². The third kappa shape index (κ3) is 3.49. The van der Waals surface area contributed by atoms with Crippen LogP contribution in [0, 0.1) is 0 Å². The Morgan fingerprint density at radius 3 is 2.67 bits per heavy atom. The lowest BCUT2D eigenvalue weighted by Crippen LogP contribution is -2.12. The molecule has 1 N–H and O–H groups in total. The van der Waals surface area contributed by atoms with E-state index in [2.05, 4.69) is 10.3 Å². The predicted molar refractivity (Wildman–Crippen MR) is 96.3 cm³/mol. The normalized spacial score (nSPS) is 10.8. The Balaban J connectivity index is 1.81. The summed E-state index contributed by atoms with van der Waals surface area (Å²) in [4.78, 5) is 16.9. The van der Waals surface area contributed by atoms with Gasteiger partial charge in [-0.2, -0.15) is 0 Å². The van der Waals surface area contributed by atoms with E-state index >= 15 is 0 Å². The smallest absolute Gasteiger partial charge is 0.257 e. The van der Waals surface area contributed by atoms with Gasteiger partial charge in [0, 0.05) is 5.56 Å².